The van der Waals surface area contributed by atoms with Gasteiger partial charge in [-0.05, 0) is 17.5 Å². The van der Waals surface area contributed by atoms with Crippen LogP contribution in [0, 0.1) is 0 Å². The van der Waals surface area contributed by atoms with Crippen LogP contribution in [0.2, 0.25) is 0 Å². The Morgan fingerprint density at radius 3 is 2.59 bits per heavy atom. The molecule has 1 aliphatic rings. The molecule has 0 unspecified atom stereocenters. The van der Waals surface area contributed by atoms with Crippen LogP contribution < -0.4 is 5.73 Å². The van der Waals surface area contributed by atoms with E-state index >= 15 is 0 Å². The van der Waals surface area contributed by atoms with E-state index in [1.807, 2.05) is 24.3 Å². The first-order valence-corrected chi connectivity index (χ1v) is 8.20. The van der Waals surface area contributed by atoms with Crippen LogP contribution in [0.5, 0.6) is 0 Å². The number of primary amides is 1. The summed E-state index contributed by atoms with van der Waals surface area (Å²) in [7, 11) is -2.19. The standard InChI is InChI=1S/C14H16N4O3S/c1-17-9-12(7-16-17)22(20,21)18-8-11-5-3-2-4-10(11)6-13(18)14(15)19/h2-5,7,9,13H,6,8H2,1H3,(H2,15,19)/t13-/m1/s1. The Balaban J connectivity index is 2.06. The number of nitrogens with zero attached hydrogens (tertiary/aromatic N) is 3. The van der Waals surface area contributed by atoms with Crippen molar-refractivity contribution in [1.29, 1.82) is 0 Å². The van der Waals surface area contributed by atoms with Crippen molar-refractivity contribution in [2.45, 2.75) is 23.9 Å². The molecule has 3 rings (SSSR count). The normalized spacial score (nSPS) is 18.9. The van der Waals surface area contributed by atoms with E-state index in [1.54, 1.807) is 7.05 Å². The Morgan fingerprint density at radius 1 is 1.32 bits per heavy atom. The zero-order valence-corrected chi connectivity index (χ0v) is 12.8. The van der Waals surface area contributed by atoms with E-state index in [-0.39, 0.29) is 17.9 Å². The molecule has 22 heavy (non-hydrogen) atoms. The third kappa shape index (κ3) is 2.40. The van der Waals surface area contributed by atoms with Gasteiger partial charge in [0.25, 0.3) is 0 Å². The third-order valence-corrected chi connectivity index (χ3v) is 5.63. The minimum atomic E-state index is -3.83. The van der Waals surface area contributed by atoms with Gasteiger partial charge in [-0.3, -0.25) is 9.48 Å². The van der Waals surface area contributed by atoms with E-state index in [2.05, 4.69) is 5.10 Å². The van der Waals surface area contributed by atoms with Crippen LogP contribution in [0.4, 0.5) is 0 Å². The lowest BCUT2D eigenvalue weighted by Crippen LogP contribution is -2.50. The van der Waals surface area contributed by atoms with Gasteiger partial charge in [0.1, 0.15) is 10.9 Å². The zero-order chi connectivity index (χ0) is 15.9. The number of carbonyl (C=O) groups is 1. The lowest BCUT2D eigenvalue weighted by atomic mass is 9.96. The molecule has 0 saturated carbocycles. The minimum absolute atomic E-state index is 0.0561. The van der Waals surface area contributed by atoms with E-state index in [4.69, 9.17) is 5.73 Å². The first kappa shape index (κ1) is 14.7. The Kier molecular flexibility index (Phi) is 3.50. The van der Waals surface area contributed by atoms with Crippen molar-refractivity contribution in [3.8, 4) is 0 Å². The average Bonchev–Trinajstić information content (AvgIpc) is 2.93. The second-order valence-corrected chi connectivity index (χ2v) is 7.18. The number of sulfonamides is 1. The Hall–Kier alpha value is -2.19. The summed E-state index contributed by atoms with van der Waals surface area (Å²) in [5.41, 5.74) is 7.26. The molecule has 0 bridgehead atoms. The maximum absolute atomic E-state index is 12.8. The number of carbonyl (C=O) groups excluding carboxylic acids is 1. The molecular formula is C14H16N4O3S. The van der Waals surface area contributed by atoms with Gasteiger partial charge in [0.2, 0.25) is 15.9 Å². The van der Waals surface area contributed by atoms with Crippen LogP contribution in [0.3, 0.4) is 0 Å². The van der Waals surface area contributed by atoms with Crippen molar-refractivity contribution >= 4 is 15.9 Å². The van der Waals surface area contributed by atoms with Gasteiger partial charge in [0.15, 0.2) is 0 Å². The highest BCUT2D eigenvalue weighted by Crippen LogP contribution is 2.28. The Labute approximate surface area is 128 Å². The van der Waals surface area contributed by atoms with Crippen LogP contribution in [-0.4, -0.2) is 34.5 Å². The molecular weight excluding hydrogens is 304 g/mol. The van der Waals surface area contributed by atoms with Crippen LogP contribution in [-0.2, 0) is 34.8 Å². The first-order chi connectivity index (χ1) is 10.4. The monoisotopic (exact) mass is 320 g/mol. The number of fused-ring (bicyclic) bond motifs is 1. The maximum atomic E-state index is 12.8. The smallest absolute Gasteiger partial charge is 0.247 e. The van der Waals surface area contributed by atoms with E-state index in [1.165, 1.54) is 17.1 Å². The molecule has 1 atom stereocenters. The number of benzene rings is 1. The fourth-order valence-electron chi connectivity index (χ4n) is 2.66. The predicted octanol–water partition coefficient (Wildman–Crippen LogP) is 0.0210. The number of aryl methyl sites for hydroxylation is 1. The second kappa shape index (κ2) is 5.22. The summed E-state index contributed by atoms with van der Waals surface area (Å²) >= 11 is 0. The third-order valence-electron chi connectivity index (χ3n) is 3.82. The van der Waals surface area contributed by atoms with Crippen molar-refractivity contribution in [2.75, 3.05) is 0 Å². The quantitative estimate of drug-likeness (QED) is 0.862. The van der Waals surface area contributed by atoms with Gasteiger partial charge in [0.05, 0.1) is 6.20 Å². The SMILES string of the molecule is Cn1cc(S(=O)(=O)N2Cc3ccccc3C[C@@H]2C(N)=O)cn1. The number of amides is 1. The fourth-order valence-corrected chi connectivity index (χ4v) is 4.22. The summed E-state index contributed by atoms with van der Waals surface area (Å²) in [5, 5.41) is 3.89. The molecule has 1 aromatic heterocycles. The molecule has 1 amide bonds. The fraction of sp³-hybridized carbons (Fsp3) is 0.286. The summed E-state index contributed by atoms with van der Waals surface area (Å²) < 4.78 is 28.1. The van der Waals surface area contributed by atoms with Crippen molar-refractivity contribution in [3.05, 3.63) is 47.8 Å². The number of aromatic nitrogens is 2. The van der Waals surface area contributed by atoms with Crippen molar-refractivity contribution < 1.29 is 13.2 Å². The highest BCUT2D eigenvalue weighted by atomic mass is 32.2. The molecule has 0 radical (unpaired) electrons. The molecule has 2 heterocycles. The van der Waals surface area contributed by atoms with Gasteiger partial charge in [-0.1, -0.05) is 24.3 Å². The summed E-state index contributed by atoms with van der Waals surface area (Å²) in [4.78, 5) is 11.8. The second-order valence-electron chi connectivity index (χ2n) is 5.29. The van der Waals surface area contributed by atoms with Crippen molar-refractivity contribution in [1.82, 2.24) is 14.1 Å². The zero-order valence-electron chi connectivity index (χ0n) is 12.0. The maximum Gasteiger partial charge on any atom is 0.247 e. The lowest BCUT2D eigenvalue weighted by Gasteiger charge is -2.33. The molecule has 2 N–H and O–H groups in total. The van der Waals surface area contributed by atoms with E-state index in [0.717, 1.165) is 15.4 Å². The molecule has 7 nitrogen and oxygen atoms in total. The minimum Gasteiger partial charge on any atom is -0.368 e. The Morgan fingerprint density at radius 2 is 2.00 bits per heavy atom. The van der Waals surface area contributed by atoms with Gasteiger partial charge < -0.3 is 5.73 Å². The van der Waals surface area contributed by atoms with Crippen LogP contribution in [0.1, 0.15) is 11.1 Å². The highest BCUT2D eigenvalue weighted by molar-refractivity contribution is 7.89. The molecule has 0 saturated heterocycles. The summed E-state index contributed by atoms with van der Waals surface area (Å²) in [6.07, 6.45) is 2.97. The van der Waals surface area contributed by atoms with Crippen LogP contribution in [0.25, 0.3) is 0 Å². The molecule has 0 spiro atoms. The molecule has 0 aliphatic carbocycles. The molecule has 2 aromatic rings. The van der Waals surface area contributed by atoms with E-state index in [0.29, 0.717) is 0 Å². The van der Waals surface area contributed by atoms with Crippen molar-refractivity contribution in [2.24, 2.45) is 12.8 Å². The average molecular weight is 320 g/mol. The van der Waals surface area contributed by atoms with E-state index < -0.39 is 22.0 Å². The first-order valence-electron chi connectivity index (χ1n) is 6.76. The van der Waals surface area contributed by atoms with Gasteiger partial charge in [-0.2, -0.15) is 9.40 Å². The van der Waals surface area contributed by atoms with E-state index in [9.17, 15) is 13.2 Å². The highest BCUT2D eigenvalue weighted by Gasteiger charge is 2.39. The van der Waals surface area contributed by atoms with Gasteiger partial charge in [0, 0.05) is 19.8 Å². The molecule has 1 aromatic carbocycles. The number of hydrogen-bond acceptors (Lipinski definition) is 4. The topological polar surface area (TPSA) is 98.3 Å². The largest absolute Gasteiger partial charge is 0.368 e. The molecule has 8 heteroatoms. The summed E-state index contributed by atoms with van der Waals surface area (Å²) in [5.74, 6) is -0.651. The van der Waals surface area contributed by atoms with Gasteiger partial charge in [-0.25, -0.2) is 8.42 Å². The summed E-state index contributed by atoms with van der Waals surface area (Å²) in [6.45, 7) is 0.126. The van der Waals surface area contributed by atoms with Gasteiger partial charge in [-0.15, -0.1) is 0 Å². The number of hydrogen-bond donors (Lipinski definition) is 1. The van der Waals surface area contributed by atoms with Crippen LogP contribution >= 0.6 is 0 Å². The number of rotatable bonds is 3. The lowest BCUT2D eigenvalue weighted by molar-refractivity contribution is -0.122. The Bertz CT molecular complexity index is 828. The predicted molar refractivity (Wildman–Crippen MR) is 79.1 cm³/mol. The molecule has 116 valence electrons. The van der Waals surface area contributed by atoms with Crippen molar-refractivity contribution in [3.63, 3.8) is 0 Å². The molecule has 0 fully saturated rings. The van der Waals surface area contributed by atoms with Gasteiger partial charge >= 0.3 is 0 Å². The summed E-state index contributed by atoms with van der Waals surface area (Å²) in [6, 6.07) is 6.57. The molecule has 1 aliphatic heterocycles. The number of nitrogens with two attached hydrogens (primary N) is 1. The van der Waals surface area contributed by atoms with Crippen LogP contribution in [0.15, 0.2) is 41.6 Å².